The van der Waals surface area contributed by atoms with Gasteiger partial charge in [-0.1, -0.05) is 48.5 Å². The molecule has 4 nitrogen and oxygen atoms in total. The van der Waals surface area contributed by atoms with Crippen LogP contribution in [0.1, 0.15) is 31.0 Å². The van der Waals surface area contributed by atoms with Gasteiger partial charge in [0.25, 0.3) is 0 Å². The number of hydrogen-bond donors (Lipinski definition) is 2. The Morgan fingerprint density at radius 3 is 2.48 bits per heavy atom. The van der Waals surface area contributed by atoms with Gasteiger partial charge in [0.15, 0.2) is 5.96 Å². The van der Waals surface area contributed by atoms with Gasteiger partial charge in [0.1, 0.15) is 5.75 Å². The van der Waals surface area contributed by atoms with Crippen molar-refractivity contribution in [2.24, 2.45) is 4.99 Å². The van der Waals surface area contributed by atoms with Crippen LogP contribution in [-0.4, -0.2) is 19.6 Å². The Morgan fingerprint density at radius 1 is 1.09 bits per heavy atom. The highest BCUT2D eigenvalue weighted by atomic mass is 16.5. The van der Waals surface area contributed by atoms with Gasteiger partial charge in [0.2, 0.25) is 0 Å². The fraction of sp³-hybridized carbons (Fsp3) is 0.316. The van der Waals surface area contributed by atoms with E-state index in [2.05, 4.69) is 40.7 Å². The van der Waals surface area contributed by atoms with E-state index in [1.807, 2.05) is 43.3 Å². The Morgan fingerprint density at radius 2 is 1.78 bits per heavy atom. The average Bonchev–Trinajstić information content (AvgIpc) is 2.60. The summed E-state index contributed by atoms with van der Waals surface area (Å²) >= 11 is 0. The molecule has 0 amide bonds. The van der Waals surface area contributed by atoms with Crippen LogP contribution in [0.3, 0.4) is 0 Å². The summed E-state index contributed by atoms with van der Waals surface area (Å²) in [5.41, 5.74) is 2.34. The van der Waals surface area contributed by atoms with E-state index in [0.29, 0.717) is 13.2 Å². The molecule has 122 valence electrons. The van der Waals surface area contributed by atoms with Crippen molar-refractivity contribution in [2.45, 2.75) is 26.4 Å². The minimum atomic E-state index is 0.185. The van der Waals surface area contributed by atoms with Crippen molar-refractivity contribution < 1.29 is 4.74 Å². The standard InChI is InChI=1S/C19H25N3O/c1-4-23-18-13-9-8-12-17(18)14-21-19(20-3)22-15(2)16-10-6-5-7-11-16/h5-13,15H,4,14H2,1-3H3,(H2,20,21,22). The molecule has 1 atom stereocenters. The third kappa shape index (κ3) is 5.02. The van der Waals surface area contributed by atoms with E-state index in [1.54, 1.807) is 7.05 Å². The summed E-state index contributed by atoms with van der Waals surface area (Å²) in [5, 5.41) is 6.75. The Hall–Kier alpha value is -2.49. The molecule has 0 saturated heterocycles. The maximum atomic E-state index is 5.65. The van der Waals surface area contributed by atoms with Gasteiger partial charge in [-0.15, -0.1) is 0 Å². The maximum absolute atomic E-state index is 5.65. The minimum Gasteiger partial charge on any atom is -0.494 e. The van der Waals surface area contributed by atoms with E-state index in [-0.39, 0.29) is 6.04 Å². The number of ether oxygens (including phenoxy) is 1. The predicted molar refractivity (Wildman–Crippen MR) is 95.8 cm³/mol. The van der Waals surface area contributed by atoms with E-state index in [4.69, 9.17) is 4.74 Å². The predicted octanol–water partition coefficient (Wildman–Crippen LogP) is 3.51. The van der Waals surface area contributed by atoms with Crippen molar-refractivity contribution in [1.82, 2.24) is 10.6 Å². The third-order valence-corrected chi connectivity index (χ3v) is 3.60. The van der Waals surface area contributed by atoms with Crippen LogP contribution in [0.15, 0.2) is 59.6 Å². The number of nitrogens with one attached hydrogen (secondary N) is 2. The molecule has 1 unspecified atom stereocenters. The van der Waals surface area contributed by atoms with Crippen LogP contribution >= 0.6 is 0 Å². The molecule has 0 aliphatic rings. The first-order chi connectivity index (χ1) is 11.2. The van der Waals surface area contributed by atoms with E-state index in [0.717, 1.165) is 17.3 Å². The SMILES string of the molecule is CCOc1ccccc1CNC(=NC)NC(C)c1ccccc1. The average molecular weight is 311 g/mol. The molecule has 0 aromatic heterocycles. The summed E-state index contributed by atoms with van der Waals surface area (Å²) in [7, 11) is 1.78. The molecule has 0 spiro atoms. The Bertz CT molecular complexity index is 626. The highest BCUT2D eigenvalue weighted by molar-refractivity contribution is 5.80. The topological polar surface area (TPSA) is 45.6 Å². The van der Waals surface area contributed by atoms with Gasteiger partial charge in [0.05, 0.1) is 12.6 Å². The number of guanidine groups is 1. The zero-order valence-corrected chi connectivity index (χ0v) is 14.0. The second-order valence-corrected chi connectivity index (χ2v) is 5.24. The molecule has 0 saturated carbocycles. The first-order valence-corrected chi connectivity index (χ1v) is 7.97. The quantitative estimate of drug-likeness (QED) is 0.634. The number of hydrogen-bond acceptors (Lipinski definition) is 2. The van der Waals surface area contributed by atoms with E-state index in [1.165, 1.54) is 5.56 Å². The normalized spacial score (nSPS) is 12.6. The molecule has 2 aromatic carbocycles. The molecule has 2 N–H and O–H groups in total. The minimum absolute atomic E-state index is 0.185. The second kappa shape index (κ2) is 8.83. The van der Waals surface area contributed by atoms with Crippen LogP contribution in [0.4, 0.5) is 0 Å². The summed E-state index contributed by atoms with van der Waals surface area (Å²) in [6.45, 7) is 5.44. The van der Waals surface area contributed by atoms with Crippen molar-refractivity contribution in [3.8, 4) is 5.75 Å². The summed E-state index contributed by atoms with van der Waals surface area (Å²) in [4.78, 5) is 4.30. The monoisotopic (exact) mass is 311 g/mol. The highest BCUT2D eigenvalue weighted by Crippen LogP contribution is 2.17. The lowest BCUT2D eigenvalue weighted by atomic mass is 10.1. The molecular weight excluding hydrogens is 286 g/mol. The third-order valence-electron chi connectivity index (χ3n) is 3.60. The lowest BCUT2D eigenvalue weighted by Crippen LogP contribution is -2.38. The van der Waals surface area contributed by atoms with Crippen LogP contribution in [0.25, 0.3) is 0 Å². The number of nitrogens with zero attached hydrogens (tertiary/aromatic N) is 1. The Balaban J connectivity index is 1.96. The Labute approximate surface area is 138 Å². The largest absolute Gasteiger partial charge is 0.494 e. The fourth-order valence-electron chi connectivity index (χ4n) is 2.35. The van der Waals surface area contributed by atoms with Crippen LogP contribution in [-0.2, 0) is 6.54 Å². The van der Waals surface area contributed by atoms with Crippen molar-refractivity contribution in [2.75, 3.05) is 13.7 Å². The van der Waals surface area contributed by atoms with Gasteiger partial charge < -0.3 is 15.4 Å². The number of benzene rings is 2. The summed E-state index contributed by atoms with van der Waals surface area (Å²) in [6, 6.07) is 18.6. The summed E-state index contributed by atoms with van der Waals surface area (Å²) in [5.74, 6) is 1.68. The molecule has 4 heteroatoms. The molecule has 0 bridgehead atoms. The van der Waals surface area contributed by atoms with Crippen LogP contribution in [0, 0.1) is 0 Å². The summed E-state index contributed by atoms with van der Waals surface area (Å²) < 4.78 is 5.65. The molecule has 23 heavy (non-hydrogen) atoms. The van der Waals surface area contributed by atoms with Crippen LogP contribution in [0.2, 0.25) is 0 Å². The van der Waals surface area contributed by atoms with E-state index < -0.39 is 0 Å². The molecule has 0 fully saturated rings. The molecular formula is C19H25N3O. The van der Waals surface area contributed by atoms with Crippen LogP contribution < -0.4 is 15.4 Å². The maximum Gasteiger partial charge on any atom is 0.191 e. The van der Waals surface area contributed by atoms with Crippen molar-refractivity contribution in [3.05, 3.63) is 65.7 Å². The first kappa shape index (κ1) is 16.9. The number of aliphatic imine (C=N–C) groups is 1. The number of para-hydroxylation sites is 1. The van der Waals surface area contributed by atoms with Crippen molar-refractivity contribution in [1.29, 1.82) is 0 Å². The van der Waals surface area contributed by atoms with Gasteiger partial charge in [-0.2, -0.15) is 0 Å². The van der Waals surface area contributed by atoms with Crippen LogP contribution in [0.5, 0.6) is 5.75 Å². The first-order valence-electron chi connectivity index (χ1n) is 7.97. The van der Waals surface area contributed by atoms with Gasteiger partial charge in [0, 0.05) is 19.2 Å². The van der Waals surface area contributed by atoms with E-state index >= 15 is 0 Å². The van der Waals surface area contributed by atoms with Gasteiger partial charge in [-0.05, 0) is 25.5 Å². The molecule has 0 radical (unpaired) electrons. The summed E-state index contributed by atoms with van der Waals surface area (Å²) in [6.07, 6.45) is 0. The fourth-order valence-corrected chi connectivity index (χ4v) is 2.35. The highest BCUT2D eigenvalue weighted by Gasteiger charge is 2.08. The molecule has 0 heterocycles. The van der Waals surface area contributed by atoms with Gasteiger partial charge in [-0.3, -0.25) is 4.99 Å². The van der Waals surface area contributed by atoms with Crippen molar-refractivity contribution >= 4 is 5.96 Å². The molecule has 2 aromatic rings. The molecule has 0 aliphatic heterocycles. The van der Waals surface area contributed by atoms with E-state index in [9.17, 15) is 0 Å². The zero-order chi connectivity index (χ0) is 16.5. The molecule has 0 aliphatic carbocycles. The smallest absolute Gasteiger partial charge is 0.191 e. The van der Waals surface area contributed by atoms with Gasteiger partial charge >= 0.3 is 0 Å². The van der Waals surface area contributed by atoms with Gasteiger partial charge in [-0.25, -0.2) is 0 Å². The molecule has 2 rings (SSSR count). The Kier molecular flexibility index (Phi) is 6.48. The lowest BCUT2D eigenvalue weighted by molar-refractivity contribution is 0.336. The number of rotatable bonds is 6. The lowest BCUT2D eigenvalue weighted by Gasteiger charge is -2.19. The van der Waals surface area contributed by atoms with Crippen molar-refractivity contribution in [3.63, 3.8) is 0 Å². The second-order valence-electron chi connectivity index (χ2n) is 5.24. The zero-order valence-electron chi connectivity index (χ0n) is 14.0.